The molecule has 0 amide bonds. The maximum atomic E-state index is 4.32. The summed E-state index contributed by atoms with van der Waals surface area (Å²) in [5, 5.41) is 3.44. The highest BCUT2D eigenvalue weighted by Crippen LogP contribution is 2.30. The third-order valence-corrected chi connectivity index (χ3v) is 3.10. The van der Waals surface area contributed by atoms with E-state index in [-0.39, 0.29) is 0 Å². The van der Waals surface area contributed by atoms with Crippen LogP contribution in [-0.4, -0.2) is 24.3 Å². The molecule has 1 heterocycles. The van der Waals surface area contributed by atoms with Crippen molar-refractivity contribution in [3.63, 3.8) is 0 Å². The Hall–Kier alpha value is -1.35. The summed E-state index contributed by atoms with van der Waals surface area (Å²) in [7, 11) is 0. The number of aromatic amines is 1. The van der Waals surface area contributed by atoms with Crippen LogP contribution in [0.2, 0.25) is 0 Å². The van der Waals surface area contributed by atoms with Crippen molar-refractivity contribution in [3.05, 3.63) is 23.9 Å². The van der Waals surface area contributed by atoms with E-state index >= 15 is 0 Å². The minimum atomic E-state index is 0.513. The van der Waals surface area contributed by atoms with Gasteiger partial charge in [-0.1, -0.05) is 26.5 Å². The first-order valence-corrected chi connectivity index (χ1v) is 6.77. The first-order chi connectivity index (χ1) is 8.74. The van der Waals surface area contributed by atoms with E-state index in [2.05, 4.69) is 41.9 Å². The summed E-state index contributed by atoms with van der Waals surface area (Å²) < 4.78 is 0. The summed E-state index contributed by atoms with van der Waals surface area (Å²) in [4.78, 5) is 7.54. The highest BCUT2D eigenvalue weighted by atomic mass is 14.9. The van der Waals surface area contributed by atoms with E-state index < -0.39 is 0 Å². The topological polar surface area (TPSA) is 40.2 Å². The molecule has 0 bridgehead atoms. The molecule has 0 fully saturated rings. The van der Waals surface area contributed by atoms with Crippen LogP contribution in [0.5, 0.6) is 0 Å². The zero-order chi connectivity index (χ0) is 13.4. The average molecular weight is 247 g/mol. The average Bonchev–Trinajstić information content (AvgIpc) is 2.78. The first kappa shape index (κ1) is 14.7. The molecule has 3 heteroatoms. The van der Waals surface area contributed by atoms with Gasteiger partial charge in [-0.05, 0) is 44.3 Å². The molecule has 3 nitrogen and oxygen atoms in total. The zero-order valence-corrected chi connectivity index (χ0v) is 11.8. The summed E-state index contributed by atoms with van der Waals surface area (Å²) >= 11 is 0. The van der Waals surface area contributed by atoms with Crippen LogP contribution in [0.4, 0.5) is 5.82 Å². The molecule has 0 saturated heterocycles. The lowest BCUT2D eigenvalue weighted by atomic mass is 9.96. The Morgan fingerprint density at radius 1 is 1.50 bits per heavy atom. The highest BCUT2D eigenvalue weighted by molar-refractivity contribution is 5.69. The Morgan fingerprint density at radius 3 is 2.89 bits per heavy atom. The summed E-state index contributed by atoms with van der Waals surface area (Å²) in [5.74, 6) is 1.43. The fourth-order valence-electron chi connectivity index (χ4n) is 2.07. The fraction of sp³-hybridized carbons (Fsp3) is 0.533. The van der Waals surface area contributed by atoms with E-state index in [1.807, 2.05) is 13.0 Å². The molecular weight excluding hydrogens is 222 g/mol. The Balaban J connectivity index is 2.67. The molecule has 0 spiro atoms. The molecular formula is C15H25N3. The Kier molecular flexibility index (Phi) is 6.44. The molecule has 1 unspecified atom stereocenters. The Labute approximate surface area is 110 Å². The van der Waals surface area contributed by atoms with Crippen molar-refractivity contribution in [2.75, 3.05) is 13.1 Å². The minimum absolute atomic E-state index is 0.513. The second-order valence-electron chi connectivity index (χ2n) is 4.54. The quantitative estimate of drug-likeness (QED) is 0.531. The van der Waals surface area contributed by atoms with Gasteiger partial charge in [-0.2, -0.15) is 0 Å². The number of hydrogen-bond donors (Lipinski definition) is 2. The van der Waals surface area contributed by atoms with Gasteiger partial charge in [-0.15, -0.1) is 0 Å². The molecule has 0 aromatic carbocycles. The monoisotopic (exact) mass is 247 g/mol. The molecule has 1 aromatic heterocycles. The summed E-state index contributed by atoms with van der Waals surface area (Å²) in [5.41, 5.74) is 2.44. The second-order valence-corrected chi connectivity index (χ2v) is 4.54. The van der Waals surface area contributed by atoms with Gasteiger partial charge < -0.3 is 10.3 Å². The zero-order valence-electron chi connectivity index (χ0n) is 11.8. The molecule has 100 valence electrons. The predicted molar refractivity (Wildman–Crippen MR) is 80.9 cm³/mol. The molecule has 0 aliphatic heterocycles. The van der Waals surface area contributed by atoms with Crippen molar-refractivity contribution >= 4 is 18.1 Å². The molecule has 0 aliphatic carbocycles. The molecule has 2 N–H and O–H groups in total. The first-order valence-electron chi connectivity index (χ1n) is 6.77. The fourth-order valence-corrected chi connectivity index (χ4v) is 2.07. The largest absolute Gasteiger partial charge is 0.346 e. The van der Waals surface area contributed by atoms with E-state index in [0.29, 0.717) is 5.92 Å². The minimum Gasteiger partial charge on any atom is -0.346 e. The number of hydrogen-bond acceptors (Lipinski definition) is 2. The van der Waals surface area contributed by atoms with Crippen LogP contribution in [0.25, 0.3) is 6.08 Å². The van der Waals surface area contributed by atoms with Crippen LogP contribution in [0, 0.1) is 0 Å². The molecule has 1 rings (SSSR count). The van der Waals surface area contributed by atoms with Crippen LogP contribution in [0.15, 0.2) is 17.8 Å². The molecule has 0 radical (unpaired) electrons. The van der Waals surface area contributed by atoms with Crippen molar-refractivity contribution in [2.24, 2.45) is 4.99 Å². The van der Waals surface area contributed by atoms with Crippen LogP contribution < -0.4 is 5.32 Å². The highest BCUT2D eigenvalue weighted by Gasteiger charge is 2.13. The van der Waals surface area contributed by atoms with Gasteiger partial charge in [0.1, 0.15) is 5.82 Å². The molecule has 1 atom stereocenters. The lowest BCUT2D eigenvalue weighted by molar-refractivity contribution is 0.591. The van der Waals surface area contributed by atoms with Gasteiger partial charge in [0.2, 0.25) is 0 Å². The number of nitrogens with zero attached hydrogens (tertiary/aromatic N) is 1. The van der Waals surface area contributed by atoms with Crippen molar-refractivity contribution < 1.29 is 0 Å². The van der Waals surface area contributed by atoms with Crippen molar-refractivity contribution in [2.45, 2.75) is 39.5 Å². The normalized spacial score (nSPS) is 13.1. The summed E-state index contributed by atoms with van der Waals surface area (Å²) in [6.45, 7) is 12.4. The van der Waals surface area contributed by atoms with E-state index in [4.69, 9.17) is 0 Å². The van der Waals surface area contributed by atoms with Crippen molar-refractivity contribution in [3.8, 4) is 0 Å². The lowest BCUT2D eigenvalue weighted by Gasteiger charge is -2.11. The third-order valence-electron chi connectivity index (χ3n) is 3.10. The number of aromatic nitrogens is 1. The van der Waals surface area contributed by atoms with E-state index in [9.17, 15) is 0 Å². The van der Waals surface area contributed by atoms with E-state index in [1.54, 1.807) is 6.21 Å². The molecule has 1 aromatic rings. The number of rotatable bonds is 8. The van der Waals surface area contributed by atoms with Gasteiger partial charge in [-0.3, -0.25) is 0 Å². The molecule has 18 heavy (non-hydrogen) atoms. The predicted octanol–water partition coefficient (Wildman–Crippen LogP) is 3.87. The number of aliphatic imine (C=N–C) groups is 1. The maximum absolute atomic E-state index is 4.32. The van der Waals surface area contributed by atoms with Gasteiger partial charge in [0.25, 0.3) is 0 Å². The number of H-pyrrole nitrogens is 1. The van der Waals surface area contributed by atoms with Gasteiger partial charge in [0.05, 0.1) is 0 Å². The molecule has 0 aliphatic rings. The van der Waals surface area contributed by atoms with Crippen LogP contribution in [0.3, 0.4) is 0 Å². The van der Waals surface area contributed by atoms with Crippen LogP contribution >= 0.6 is 0 Å². The Bertz CT molecular complexity index is 390. The van der Waals surface area contributed by atoms with Gasteiger partial charge in [0, 0.05) is 18.0 Å². The van der Waals surface area contributed by atoms with Crippen LogP contribution in [-0.2, 0) is 0 Å². The van der Waals surface area contributed by atoms with Crippen LogP contribution in [0.1, 0.15) is 50.7 Å². The third kappa shape index (κ3) is 3.84. The van der Waals surface area contributed by atoms with Gasteiger partial charge in [0.15, 0.2) is 0 Å². The lowest BCUT2D eigenvalue weighted by Crippen LogP contribution is -2.17. The summed E-state index contributed by atoms with van der Waals surface area (Å²) in [6.07, 6.45) is 8.07. The van der Waals surface area contributed by atoms with E-state index in [0.717, 1.165) is 30.9 Å². The van der Waals surface area contributed by atoms with Crippen molar-refractivity contribution in [1.82, 2.24) is 10.3 Å². The smallest absolute Gasteiger partial charge is 0.137 e. The SMILES string of the molecule is C=Cc1c(C(C)CCNCCC)c[nH]c1/N=C/C. The standard InChI is InChI=1S/C15H25N3/c1-5-9-16-10-8-12(4)14-11-18-15(17-7-3)13(14)6-2/h6-7,11-12,16,18H,2,5,8-10H2,1,3-4H3/b17-7+. The van der Waals surface area contributed by atoms with E-state index in [1.165, 1.54) is 12.0 Å². The number of nitrogens with one attached hydrogen (secondary N) is 2. The van der Waals surface area contributed by atoms with Crippen molar-refractivity contribution in [1.29, 1.82) is 0 Å². The maximum Gasteiger partial charge on any atom is 0.137 e. The van der Waals surface area contributed by atoms with Gasteiger partial charge in [-0.25, -0.2) is 4.99 Å². The van der Waals surface area contributed by atoms with Gasteiger partial charge >= 0.3 is 0 Å². The Morgan fingerprint density at radius 2 is 2.28 bits per heavy atom. The molecule has 0 saturated carbocycles. The second kappa shape index (κ2) is 7.88. The summed E-state index contributed by atoms with van der Waals surface area (Å²) in [6, 6.07) is 0.